The van der Waals surface area contributed by atoms with Crippen molar-refractivity contribution in [3.05, 3.63) is 35.9 Å². The maximum Gasteiger partial charge on any atom is 0.509 e. The van der Waals surface area contributed by atoms with Crippen molar-refractivity contribution in [1.29, 1.82) is 0 Å². The number of cyclic esters (lactones) is 1. The Hall–Kier alpha value is -3.63. The van der Waals surface area contributed by atoms with Gasteiger partial charge in [-0.2, -0.15) is 0 Å². The molecular formula is C51H78N2O17. The third kappa shape index (κ3) is 12.1. The topological polar surface area (TPSA) is 226 Å². The average molecular weight is 991 g/mol. The molecule has 2 unspecified atom stereocenters. The number of likely N-dealkylation sites (N-methyl/N-ethyl adjacent to an activating group) is 1. The van der Waals surface area contributed by atoms with Crippen LogP contribution in [0.15, 0.2) is 35.3 Å². The number of fused-ring (bicyclic) bond motifs is 6. The summed E-state index contributed by atoms with van der Waals surface area (Å²) in [5.74, 6) is -5.14. The fraction of sp³-hybridized carbons (Fsp3) is 0.784. The van der Waals surface area contributed by atoms with Crippen LogP contribution >= 0.6 is 0 Å². The van der Waals surface area contributed by atoms with E-state index in [0.29, 0.717) is 17.7 Å². The number of nitrogens with zero attached hydrogens (tertiary/aromatic N) is 2. The van der Waals surface area contributed by atoms with Gasteiger partial charge < -0.3 is 67.2 Å². The minimum Gasteiger partial charge on any atom is -0.459 e. The molecule has 2 N–H and O–H groups in total. The molecule has 1 aromatic carbocycles. The molecule has 2 bridgehead atoms. The number of aliphatic imine (C=N–C) groups is 1. The second-order valence-corrected chi connectivity index (χ2v) is 21.0. The number of carbonyl (C=O) groups is 4. The lowest BCUT2D eigenvalue weighted by atomic mass is 9.73. The molecule has 5 heterocycles. The lowest BCUT2D eigenvalue weighted by Crippen LogP contribution is -2.62. The fourth-order valence-electron chi connectivity index (χ4n) is 11.4. The van der Waals surface area contributed by atoms with Crippen LogP contribution < -0.4 is 0 Å². The van der Waals surface area contributed by atoms with E-state index in [1.54, 1.807) is 65.0 Å². The molecule has 394 valence electrons. The first-order chi connectivity index (χ1) is 32.8. The maximum absolute atomic E-state index is 14.9. The van der Waals surface area contributed by atoms with Gasteiger partial charge in [0.05, 0.1) is 60.8 Å². The Morgan fingerprint density at radius 2 is 1.54 bits per heavy atom. The zero-order chi connectivity index (χ0) is 51.6. The molecule has 70 heavy (non-hydrogen) atoms. The number of amides is 1. The van der Waals surface area contributed by atoms with Crippen molar-refractivity contribution >= 4 is 29.7 Å². The van der Waals surface area contributed by atoms with Gasteiger partial charge in [0.15, 0.2) is 30.9 Å². The smallest absolute Gasteiger partial charge is 0.459 e. The Bertz CT molecular complexity index is 2000. The monoisotopic (exact) mass is 991 g/mol. The van der Waals surface area contributed by atoms with Crippen molar-refractivity contribution in [3.8, 4) is 0 Å². The number of aliphatic hydroxyl groups excluding tert-OH is 1. The van der Waals surface area contributed by atoms with Crippen LogP contribution in [-0.2, 0) is 61.7 Å². The van der Waals surface area contributed by atoms with Crippen LogP contribution in [0.3, 0.4) is 0 Å². The molecule has 5 aliphatic rings. The van der Waals surface area contributed by atoms with Crippen LogP contribution in [0.1, 0.15) is 112 Å². The molecule has 19 nitrogen and oxygen atoms in total. The molecule has 0 aliphatic carbocycles. The van der Waals surface area contributed by atoms with Crippen LogP contribution in [0.25, 0.3) is 0 Å². The summed E-state index contributed by atoms with van der Waals surface area (Å²) in [6, 6.07) is 8.22. The average Bonchev–Trinajstić information content (AvgIpc) is 3.66. The largest absolute Gasteiger partial charge is 0.509 e. The summed E-state index contributed by atoms with van der Waals surface area (Å²) in [4.78, 5) is 60.8. The van der Waals surface area contributed by atoms with Gasteiger partial charge in [-0.3, -0.25) is 9.59 Å². The SMILES string of the molecule is CC[C@H]1OC(=O)[C@H](C)[C@@H](O[C@H]2C[C@@](C)(OC)[C@@H](OC(=O)c3ccccc3)[C@H](C)O2)[C@H](C)[C@@H](O[C@@H]2O[C@H](C)C[C@H](N(C)C)[C@H]2O)[C@]2(C)C[C@@H](C)C(=NC(C)=O)[C@H](C)[C@@H](OCC3OC(=O)OC3CO2)[C@]1(C)O. The van der Waals surface area contributed by atoms with Crippen molar-refractivity contribution in [2.75, 3.05) is 34.4 Å². The first-order valence-electron chi connectivity index (χ1n) is 24.8. The van der Waals surface area contributed by atoms with Gasteiger partial charge in [-0.15, -0.1) is 0 Å². The molecule has 5 aliphatic heterocycles. The highest BCUT2D eigenvalue weighted by Gasteiger charge is 2.56. The maximum atomic E-state index is 14.9. The van der Waals surface area contributed by atoms with E-state index in [2.05, 4.69) is 4.99 Å². The van der Waals surface area contributed by atoms with Gasteiger partial charge in [0, 0.05) is 44.0 Å². The van der Waals surface area contributed by atoms with Gasteiger partial charge in [0.2, 0.25) is 5.91 Å². The minimum absolute atomic E-state index is 0.0386. The number of carbonyl (C=O) groups excluding carboxylic acids is 4. The van der Waals surface area contributed by atoms with Gasteiger partial charge in [-0.25, -0.2) is 14.6 Å². The second kappa shape index (κ2) is 22.6. The second-order valence-electron chi connectivity index (χ2n) is 21.0. The third-order valence-electron chi connectivity index (χ3n) is 15.2. The molecule has 6 rings (SSSR count). The zero-order valence-corrected chi connectivity index (χ0v) is 43.4. The van der Waals surface area contributed by atoms with E-state index >= 15 is 0 Å². The molecule has 19 heteroatoms. The highest BCUT2D eigenvalue weighted by Crippen LogP contribution is 2.44. The van der Waals surface area contributed by atoms with Crippen LogP contribution in [0.2, 0.25) is 0 Å². The molecule has 20 atom stereocenters. The number of ether oxygens (including phenoxy) is 11. The molecular weight excluding hydrogens is 913 g/mol. The number of methoxy groups -OCH3 is 1. The Morgan fingerprint density at radius 3 is 2.16 bits per heavy atom. The van der Waals surface area contributed by atoms with Gasteiger partial charge in [-0.05, 0) is 93.0 Å². The zero-order valence-electron chi connectivity index (χ0n) is 43.4. The normalized spacial score (nSPS) is 43.8. The summed E-state index contributed by atoms with van der Waals surface area (Å²) in [6.45, 7) is 18.5. The van der Waals surface area contributed by atoms with Gasteiger partial charge in [-0.1, -0.05) is 45.9 Å². The summed E-state index contributed by atoms with van der Waals surface area (Å²) >= 11 is 0. The molecule has 5 fully saturated rings. The number of hydrogen-bond donors (Lipinski definition) is 2. The number of aliphatic hydroxyl groups is 2. The standard InChI is InChI=1S/C51H78N2O17/c1-15-37-51(11,59)43-28(4)39(52-32(8)54)26(2)22-50(10,62-25-36-35(24-61-43)65-48(58)66-36)42(70-47-40(55)34(53(12)13)21-27(3)63-47)29(5)41(30(6)45(56)67-37)68-38-23-49(9,60-14)44(31(7)64-38)69-46(57)33-19-17-16-18-20-33/h16-20,26-31,34-38,40-44,47,55,59H,15,21-25H2,1-14H3/t26-,27-,28+,29+,30-,31+,34+,35?,36?,37-,38+,40-,41+,42-,43-,44+,47+,49-,50+,51-/m1/s1. The molecule has 5 saturated heterocycles. The molecule has 1 amide bonds. The number of benzene rings is 1. The summed E-state index contributed by atoms with van der Waals surface area (Å²) in [5.41, 5.74) is -3.82. The lowest BCUT2D eigenvalue weighted by Gasteiger charge is -2.51. The van der Waals surface area contributed by atoms with E-state index in [-0.39, 0.29) is 44.6 Å². The minimum atomic E-state index is -1.93. The van der Waals surface area contributed by atoms with Crippen molar-refractivity contribution in [2.24, 2.45) is 28.7 Å². The number of esters is 2. The first kappa shape index (κ1) is 55.7. The molecule has 0 aromatic heterocycles. The summed E-state index contributed by atoms with van der Waals surface area (Å²) in [5, 5.41) is 24.8. The quantitative estimate of drug-likeness (QED) is 0.244. The van der Waals surface area contributed by atoms with Crippen molar-refractivity contribution in [1.82, 2.24) is 4.90 Å². The Labute approximate surface area is 412 Å². The van der Waals surface area contributed by atoms with Gasteiger partial charge in [0.1, 0.15) is 23.4 Å². The summed E-state index contributed by atoms with van der Waals surface area (Å²) < 4.78 is 70.6. The molecule has 0 radical (unpaired) electrons. The van der Waals surface area contributed by atoms with E-state index in [9.17, 15) is 29.4 Å². The summed E-state index contributed by atoms with van der Waals surface area (Å²) in [7, 11) is 5.25. The third-order valence-corrected chi connectivity index (χ3v) is 15.2. The van der Waals surface area contributed by atoms with Crippen molar-refractivity contribution in [3.63, 3.8) is 0 Å². The van der Waals surface area contributed by atoms with Crippen LogP contribution in [0, 0.1) is 23.7 Å². The van der Waals surface area contributed by atoms with Crippen LogP contribution in [0.5, 0.6) is 0 Å². The highest BCUT2D eigenvalue weighted by molar-refractivity contribution is 5.98. The molecule has 0 spiro atoms. The number of hydrogen-bond acceptors (Lipinski definition) is 18. The Morgan fingerprint density at radius 1 is 0.886 bits per heavy atom. The van der Waals surface area contributed by atoms with E-state index in [1.807, 2.05) is 46.7 Å². The van der Waals surface area contributed by atoms with Gasteiger partial charge in [0.25, 0.3) is 0 Å². The van der Waals surface area contributed by atoms with Crippen molar-refractivity contribution < 1.29 is 81.5 Å². The van der Waals surface area contributed by atoms with Crippen LogP contribution in [0.4, 0.5) is 4.79 Å². The first-order valence-corrected chi connectivity index (χ1v) is 24.8. The van der Waals surface area contributed by atoms with Crippen LogP contribution in [-0.4, -0.2) is 176 Å². The predicted molar refractivity (Wildman–Crippen MR) is 252 cm³/mol. The summed E-state index contributed by atoms with van der Waals surface area (Å²) in [6.07, 6.45) is -12.3. The fourth-order valence-corrected chi connectivity index (χ4v) is 11.4. The van der Waals surface area contributed by atoms with E-state index in [1.165, 1.54) is 21.0 Å². The highest BCUT2D eigenvalue weighted by atomic mass is 16.8. The predicted octanol–water partition coefficient (Wildman–Crippen LogP) is 5.03. The van der Waals surface area contributed by atoms with E-state index < -0.39 is 132 Å². The lowest BCUT2D eigenvalue weighted by molar-refractivity contribution is -0.321. The molecule has 1 aromatic rings. The number of rotatable bonds is 9. The Balaban J connectivity index is 1.52. The molecule has 0 saturated carbocycles. The van der Waals surface area contributed by atoms with Crippen molar-refractivity contribution in [2.45, 2.75) is 198 Å². The van der Waals surface area contributed by atoms with Gasteiger partial charge >= 0.3 is 18.1 Å². The van der Waals surface area contributed by atoms with E-state index in [4.69, 9.17) is 52.1 Å². The van der Waals surface area contributed by atoms with E-state index in [0.717, 1.165) is 0 Å². The Kier molecular flexibility index (Phi) is 18.0.